The monoisotopic (exact) mass is 310 g/mol. The van der Waals surface area contributed by atoms with Gasteiger partial charge in [-0.1, -0.05) is 30.3 Å². The molecule has 116 valence electrons. The summed E-state index contributed by atoms with van der Waals surface area (Å²) in [5, 5.41) is 2.69. The van der Waals surface area contributed by atoms with Crippen LogP contribution in [0.2, 0.25) is 0 Å². The Labute approximate surface area is 132 Å². The zero-order valence-corrected chi connectivity index (χ0v) is 12.2. The Kier molecular flexibility index (Phi) is 4.33. The van der Waals surface area contributed by atoms with E-state index in [2.05, 4.69) is 10.3 Å². The molecule has 1 heterocycles. The molecule has 0 spiro atoms. The van der Waals surface area contributed by atoms with Crippen LogP contribution >= 0.6 is 0 Å². The van der Waals surface area contributed by atoms with Crippen LogP contribution in [0.5, 0.6) is 0 Å². The Morgan fingerprint density at radius 1 is 1.13 bits per heavy atom. The first-order valence-corrected chi connectivity index (χ1v) is 7.03. The van der Waals surface area contributed by atoms with Crippen LogP contribution in [0.1, 0.15) is 15.9 Å². The number of amides is 1. The Bertz CT molecular complexity index is 827. The number of fused-ring (bicyclic) bond motifs is 1. The maximum atomic E-state index is 11.9. The molecule has 0 fully saturated rings. The minimum atomic E-state index is -0.579. The van der Waals surface area contributed by atoms with Crippen LogP contribution in [0.3, 0.4) is 0 Å². The summed E-state index contributed by atoms with van der Waals surface area (Å²) in [6.07, 6.45) is 1.30. The fraction of sp³-hybridized carbons (Fsp3) is 0.118. The fourth-order valence-electron chi connectivity index (χ4n) is 2.05. The molecule has 23 heavy (non-hydrogen) atoms. The van der Waals surface area contributed by atoms with Gasteiger partial charge in [0, 0.05) is 6.54 Å². The van der Waals surface area contributed by atoms with Gasteiger partial charge in [-0.25, -0.2) is 9.78 Å². The van der Waals surface area contributed by atoms with Crippen LogP contribution in [-0.4, -0.2) is 23.5 Å². The summed E-state index contributed by atoms with van der Waals surface area (Å²) < 4.78 is 10.1. The number of esters is 1. The van der Waals surface area contributed by atoms with E-state index in [1.165, 1.54) is 6.39 Å². The molecule has 0 bridgehead atoms. The third-order valence-corrected chi connectivity index (χ3v) is 3.23. The lowest BCUT2D eigenvalue weighted by Gasteiger charge is -2.06. The number of hydrogen-bond donors (Lipinski definition) is 1. The van der Waals surface area contributed by atoms with Gasteiger partial charge in [0.1, 0.15) is 5.52 Å². The molecule has 1 N–H and O–H groups in total. The van der Waals surface area contributed by atoms with Gasteiger partial charge in [-0.3, -0.25) is 4.79 Å². The van der Waals surface area contributed by atoms with Crippen molar-refractivity contribution < 1.29 is 18.7 Å². The number of benzene rings is 2. The first-order valence-electron chi connectivity index (χ1n) is 7.03. The van der Waals surface area contributed by atoms with Gasteiger partial charge in [0.15, 0.2) is 18.6 Å². The largest absolute Gasteiger partial charge is 0.452 e. The first-order chi connectivity index (χ1) is 11.2. The minimum absolute atomic E-state index is 0.322. The maximum Gasteiger partial charge on any atom is 0.338 e. The molecule has 0 saturated heterocycles. The van der Waals surface area contributed by atoms with Crippen LogP contribution in [0.25, 0.3) is 11.1 Å². The quantitative estimate of drug-likeness (QED) is 0.731. The van der Waals surface area contributed by atoms with Crippen LogP contribution in [0.4, 0.5) is 0 Å². The highest BCUT2D eigenvalue weighted by Crippen LogP contribution is 2.14. The Hall–Kier alpha value is -3.15. The standard InChI is InChI=1S/C17H14N2O4/c20-16(18-9-12-4-2-1-3-5-12)10-22-17(21)13-6-7-15-14(8-13)19-11-23-15/h1-8,11H,9-10H2,(H,18,20). The first kappa shape index (κ1) is 14.8. The van der Waals surface area contributed by atoms with E-state index < -0.39 is 5.97 Å². The molecule has 2 aromatic carbocycles. The number of ether oxygens (including phenoxy) is 1. The zero-order chi connectivity index (χ0) is 16.1. The Balaban J connectivity index is 1.51. The summed E-state index contributed by atoms with van der Waals surface area (Å²) in [6, 6.07) is 14.2. The molecule has 3 rings (SSSR count). The van der Waals surface area contributed by atoms with Gasteiger partial charge in [0.25, 0.3) is 5.91 Å². The van der Waals surface area contributed by atoms with E-state index in [1.54, 1.807) is 18.2 Å². The van der Waals surface area contributed by atoms with Crippen molar-refractivity contribution in [2.45, 2.75) is 6.54 Å². The molecule has 0 aliphatic rings. The average molecular weight is 310 g/mol. The second kappa shape index (κ2) is 6.74. The Morgan fingerprint density at radius 3 is 2.78 bits per heavy atom. The van der Waals surface area contributed by atoms with Crippen LogP contribution in [0.15, 0.2) is 59.3 Å². The number of nitrogens with zero attached hydrogens (tertiary/aromatic N) is 1. The third-order valence-electron chi connectivity index (χ3n) is 3.23. The van der Waals surface area contributed by atoms with Crippen molar-refractivity contribution >= 4 is 23.0 Å². The smallest absolute Gasteiger partial charge is 0.338 e. The van der Waals surface area contributed by atoms with Gasteiger partial charge in [0.2, 0.25) is 0 Å². The van der Waals surface area contributed by atoms with Crippen molar-refractivity contribution in [1.29, 1.82) is 0 Å². The van der Waals surface area contributed by atoms with Gasteiger partial charge in [0.05, 0.1) is 5.56 Å². The van der Waals surface area contributed by atoms with E-state index in [9.17, 15) is 9.59 Å². The summed E-state index contributed by atoms with van der Waals surface area (Å²) >= 11 is 0. The number of aromatic nitrogens is 1. The van der Waals surface area contributed by atoms with E-state index in [1.807, 2.05) is 30.3 Å². The summed E-state index contributed by atoms with van der Waals surface area (Å²) in [5.74, 6) is -0.936. The molecule has 0 aliphatic carbocycles. The van der Waals surface area contributed by atoms with Crippen molar-refractivity contribution in [2.75, 3.05) is 6.61 Å². The highest BCUT2D eigenvalue weighted by molar-refractivity contribution is 5.94. The van der Waals surface area contributed by atoms with Crippen LogP contribution < -0.4 is 5.32 Å². The van der Waals surface area contributed by atoms with Gasteiger partial charge in [-0.15, -0.1) is 0 Å². The van der Waals surface area contributed by atoms with Gasteiger partial charge in [-0.05, 0) is 23.8 Å². The zero-order valence-electron chi connectivity index (χ0n) is 12.2. The molecule has 0 unspecified atom stereocenters. The van der Waals surface area contributed by atoms with Crippen molar-refractivity contribution in [3.05, 3.63) is 66.1 Å². The van der Waals surface area contributed by atoms with Crippen molar-refractivity contribution in [2.24, 2.45) is 0 Å². The second-order valence-corrected chi connectivity index (χ2v) is 4.87. The molecular weight excluding hydrogens is 296 g/mol. The summed E-state index contributed by atoms with van der Waals surface area (Å²) in [5.41, 5.74) is 2.45. The van der Waals surface area contributed by atoms with E-state index in [4.69, 9.17) is 9.15 Å². The maximum absolute atomic E-state index is 11.9. The molecule has 6 nitrogen and oxygen atoms in total. The lowest BCUT2D eigenvalue weighted by Crippen LogP contribution is -2.28. The number of oxazole rings is 1. The molecule has 3 aromatic rings. The highest BCUT2D eigenvalue weighted by Gasteiger charge is 2.11. The minimum Gasteiger partial charge on any atom is -0.452 e. The molecule has 0 radical (unpaired) electrons. The van der Waals surface area contributed by atoms with Crippen molar-refractivity contribution in [3.8, 4) is 0 Å². The van der Waals surface area contributed by atoms with Gasteiger partial charge < -0.3 is 14.5 Å². The number of hydrogen-bond acceptors (Lipinski definition) is 5. The molecule has 1 amide bonds. The topological polar surface area (TPSA) is 81.4 Å². The summed E-state index contributed by atoms with van der Waals surface area (Å²) in [4.78, 5) is 27.6. The van der Waals surface area contributed by atoms with Crippen molar-refractivity contribution in [1.82, 2.24) is 10.3 Å². The average Bonchev–Trinajstić information content (AvgIpc) is 3.06. The molecule has 6 heteroatoms. The fourth-order valence-corrected chi connectivity index (χ4v) is 2.05. The lowest BCUT2D eigenvalue weighted by atomic mass is 10.2. The van der Waals surface area contributed by atoms with E-state index in [0.29, 0.717) is 23.2 Å². The normalized spacial score (nSPS) is 10.4. The molecular formula is C17H14N2O4. The van der Waals surface area contributed by atoms with E-state index in [0.717, 1.165) is 5.56 Å². The molecule has 1 aromatic heterocycles. The molecule has 0 saturated carbocycles. The number of carbonyl (C=O) groups is 2. The van der Waals surface area contributed by atoms with Crippen LogP contribution in [0, 0.1) is 0 Å². The van der Waals surface area contributed by atoms with E-state index in [-0.39, 0.29) is 12.5 Å². The predicted octanol–water partition coefficient (Wildman–Crippen LogP) is 2.30. The van der Waals surface area contributed by atoms with Crippen molar-refractivity contribution in [3.63, 3.8) is 0 Å². The predicted molar refractivity (Wildman–Crippen MR) is 82.6 cm³/mol. The number of rotatable bonds is 5. The Morgan fingerprint density at radius 2 is 1.96 bits per heavy atom. The molecule has 0 aliphatic heterocycles. The summed E-state index contributed by atoms with van der Waals surface area (Å²) in [7, 11) is 0. The second-order valence-electron chi connectivity index (χ2n) is 4.87. The summed E-state index contributed by atoms with van der Waals surface area (Å²) in [6.45, 7) is 0.0602. The third kappa shape index (κ3) is 3.74. The molecule has 0 atom stereocenters. The number of carbonyl (C=O) groups excluding carboxylic acids is 2. The van der Waals surface area contributed by atoms with Crippen LogP contribution in [-0.2, 0) is 16.1 Å². The number of nitrogens with one attached hydrogen (secondary N) is 1. The van der Waals surface area contributed by atoms with E-state index >= 15 is 0 Å². The SMILES string of the molecule is O=C(COC(=O)c1ccc2ocnc2c1)NCc1ccccc1. The highest BCUT2D eigenvalue weighted by atomic mass is 16.5. The van der Waals surface area contributed by atoms with Gasteiger partial charge in [-0.2, -0.15) is 0 Å². The van der Waals surface area contributed by atoms with Gasteiger partial charge >= 0.3 is 5.97 Å². The lowest BCUT2D eigenvalue weighted by molar-refractivity contribution is -0.124.